The largest absolute Gasteiger partial charge is 0.487 e. The highest BCUT2D eigenvalue weighted by molar-refractivity contribution is 5.66. The van der Waals surface area contributed by atoms with E-state index in [4.69, 9.17) is 18.9 Å². The Kier molecular flexibility index (Phi) is 8.56. The highest BCUT2D eigenvalue weighted by atomic mass is 16.5. The molecule has 5 aliphatic carbocycles. The van der Waals surface area contributed by atoms with Gasteiger partial charge in [-0.25, -0.2) is 0 Å². The number of allylic oxidation sites excluding steroid dienone is 1. The van der Waals surface area contributed by atoms with E-state index in [1.165, 1.54) is 86.5 Å². The lowest BCUT2D eigenvalue weighted by Crippen LogP contribution is -2.27. The van der Waals surface area contributed by atoms with Crippen LogP contribution in [0.4, 0.5) is 0 Å². The highest BCUT2D eigenvalue weighted by Gasteiger charge is 2.57. The van der Waals surface area contributed by atoms with Gasteiger partial charge in [-0.15, -0.1) is 0 Å². The first-order valence-electron chi connectivity index (χ1n) is 19.8. The molecule has 0 saturated heterocycles. The normalized spacial score (nSPS) is 29.8. The average molecular weight is 653 g/mol. The molecule has 2 aromatic rings. The van der Waals surface area contributed by atoms with Gasteiger partial charge in [-0.1, -0.05) is 46.1 Å². The van der Waals surface area contributed by atoms with Crippen molar-refractivity contribution in [1.82, 2.24) is 0 Å². The summed E-state index contributed by atoms with van der Waals surface area (Å²) >= 11 is 0. The molecule has 0 aromatic heterocycles. The van der Waals surface area contributed by atoms with Crippen molar-refractivity contribution in [3.05, 3.63) is 58.2 Å². The Morgan fingerprint density at radius 2 is 1.06 bits per heavy atom. The molecule has 48 heavy (non-hydrogen) atoms. The Hall–Kier alpha value is -2.62. The molecule has 2 bridgehead atoms. The summed E-state index contributed by atoms with van der Waals surface area (Å²) in [6.45, 7) is 12.0. The first kappa shape index (κ1) is 32.6. The molecular weight excluding hydrogens is 592 g/mol. The van der Waals surface area contributed by atoms with E-state index >= 15 is 0 Å². The van der Waals surface area contributed by atoms with Crippen molar-refractivity contribution in [2.75, 3.05) is 0 Å². The van der Waals surface area contributed by atoms with Gasteiger partial charge in [0.15, 0.2) is 23.0 Å². The van der Waals surface area contributed by atoms with Crippen LogP contribution in [0.15, 0.2) is 35.9 Å². The molecule has 0 radical (unpaired) electrons. The van der Waals surface area contributed by atoms with Gasteiger partial charge in [0.25, 0.3) is 0 Å². The first-order valence-corrected chi connectivity index (χ1v) is 19.8. The summed E-state index contributed by atoms with van der Waals surface area (Å²) in [7, 11) is 0. The van der Waals surface area contributed by atoms with Crippen molar-refractivity contribution in [1.29, 1.82) is 0 Å². The summed E-state index contributed by atoms with van der Waals surface area (Å²) in [6, 6.07) is 9.67. The maximum Gasteiger partial charge on any atom is 0.162 e. The molecule has 3 atom stereocenters. The molecule has 1 spiro atoms. The van der Waals surface area contributed by atoms with Gasteiger partial charge in [0.1, 0.15) is 6.10 Å². The van der Waals surface area contributed by atoms with Crippen LogP contribution in [-0.4, -0.2) is 24.4 Å². The summed E-state index contributed by atoms with van der Waals surface area (Å²) in [5, 5.41) is 0. The second-order valence-corrected chi connectivity index (χ2v) is 17.8. The lowest BCUT2D eigenvalue weighted by atomic mass is 9.72. The van der Waals surface area contributed by atoms with Crippen LogP contribution in [0.5, 0.6) is 23.0 Å². The zero-order valence-electron chi connectivity index (χ0n) is 30.6. The second kappa shape index (κ2) is 12.6. The molecule has 260 valence electrons. The van der Waals surface area contributed by atoms with E-state index in [1.807, 2.05) is 0 Å². The van der Waals surface area contributed by atoms with Gasteiger partial charge in [-0.2, -0.15) is 0 Å². The molecule has 3 unspecified atom stereocenters. The number of benzene rings is 2. The second-order valence-electron chi connectivity index (χ2n) is 17.8. The predicted octanol–water partition coefficient (Wildman–Crippen LogP) is 11.6. The zero-order valence-corrected chi connectivity index (χ0v) is 30.6. The van der Waals surface area contributed by atoms with Crippen LogP contribution in [-0.2, 0) is 16.2 Å². The topological polar surface area (TPSA) is 36.9 Å². The Labute approximate surface area is 290 Å². The molecular formula is C44H60O4. The fourth-order valence-electron chi connectivity index (χ4n) is 10.7. The van der Waals surface area contributed by atoms with Gasteiger partial charge >= 0.3 is 0 Å². The van der Waals surface area contributed by atoms with Crippen LogP contribution in [0.3, 0.4) is 0 Å². The fraction of sp³-hybridized carbons (Fsp3) is 0.682. The minimum absolute atomic E-state index is 0.000425. The van der Waals surface area contributed by atoms with Crippen molar-refractivity contribution in [2.45, 2.75) is 191 Å². The van der Waals surface area contributed by atoms with Crippen LogP contribution in [0, 0.1) is 0 Å². The Morgan fingerprint density at radius 1 is 0.562 bits per heavy atom. The van der Waals surface area contributed by atoms with E-state index in [0.29, 0.717) is 6.10 Å². The summed E-state index contributed by atoms with van der Waals surface area (Å²) in [6.07, 6.45) is 24.7. The van der Waals surface area contributed by atoms with E-state index in [9.17, 15) is 0 Å². The van der Waals surface area contributed by atoms with Crippen molar-refractivity contribution in [2.24, 2.45) is 0 Å². The molecule has 4 nitrogen and oxygen atoms in total. The number of fused-ring (bicyclic) bond motifs is 6. The first-order chi connectivity index (χ1) is 23.1. The van der Waals surface area contributed by atoms with E-state index in [0.717, 1.165) is 74.4 Å². The number of ether oxygens (including phenoxy) is 4. The van der Waals surface area contributed by atoms with Crippen molar-refractivity contribution in [3.8, 4) is 23.0 Å². The molecule has 8 rings (SSSR count). The Bertz CT molecular complexity index is 1540. The van der Waals surface area contributed by atoms with Gasteiger partial charge in [0.2, 0.25) is 0 Å². The molecule has 0 amide bonds. The molecule has 6 aliphatic rings. The van der Waals surface area contributed by atoms with Gasteiger partial charge in [-0.3, -0.25) is 0 Å². The number of hydrogen-bond acceptors (Lipinski definition) is 4. The maximum absolute atomic E-state index is 7.00. The third-order valence-corrected chi connectivity index (χ3v) is 13.0. The lowest BCUT2D eigenvalue weighted by molar-refractivity contribution is 0.123. The molecule has 2 fully saturated rings. The van der Waals surface area contributed by atoms with Gasteiger partial charge in [-0.05, 0) is 173 Å². The van der Waals surface area contributed by atoms with Crippen molar-refractivity contribution >= 4 is 0 Å². The van der Waals surface area contributed by atoms with Crippen molar-refractivity contribution < 1.29 is 18.9 Å². The number of rotatable bonds is 4. The SMILES string of the molecule is CC1CCCC2=CC(CCC2)Oc2cc3c(cc2O1)C(C)(C)CC31CC(C)(C)c2cc(OC3CCCCC3)c(OC3CCCCC3)cc21. The van der Waals surface area contributed by atoms with E-state index < -0.39 is 0 Å². The molecule has 1 aliphatic heterocycles. The third-order valence-electron chi connectivity index (χ3n) is 13.0. The zero-order chi connectivity index (χ0) is 33.1. The van der Waals surface area contributed by atoms with Gasteiger partial charge in [0, 0.05) is 5.41 Å². The number of hydrogen-bond donors (Lipinski definition) is 0. The maximum atomic E-state index is 7.00. The summed E-state index contributed by atoms with van der Waals surface area (Å²) in [5.74, 6) is 3.84. The van der Waals surface area contributed by atoms with Crippen LogP contribution >= 0.6 is 0 Å². The monoisotopic (exact) mass is 652 g/mol. The minimum Gasteiger partial charge on any atom is -0.487 e. The van der Waals surface area contributed by atoms with E-state index in [1.54, 1.807) is 5.57 Å². The standard InChI is InChI=1S/C44H60O4/c1-29-14-12-15-30-16-13-21-33(22-30)48-40-25-36-34(23-38(40)45-29)42(2,3)27-44(36)28-43(4,5)35-24-39(46-31-17-8-6-9-18-31)41(26-37(35)44)47-32-19-10-7-11-20-32/h22-26,29,31-33H,6-21,27-28H2,1-5H3. The fourth-order valence-corrected chi connectivity index (χ4v) is 10.7. The lowest BCUT2D eigenvalue weighted by Gasteiger charge is -2.32. The van der Waals surface area contributed by atoms with Crippen molar-refractivity contribution in [3.63, 3.8) is 0 Å². The van der Waals surface area contributed by atoms with Crippen LogP contribution in [0.25, 0.3) is 0 Å². The molecule has 1 heterocycles. The summed E-state index contributed by atoms with van der Waals surface area (Å²) in [4.78, 5) is 0. The van der Waals surface area contributed by atoms with Crippen LogP contribution < -0.4 is 18.9 Å². The van der Waals surface area contributed by atoms with E-state index in [2.05, 4.69) is 65.0 Å². The van der Waals surface area contributed by atoms with Gasteiger partial charge in [0.05, 0.1) is 18.3 Å². The summed E-state index contributed by atoms with van der Waals surface area (Å²) < 4.78 is 27.7. The van der Waals surface area contributed by atoms with Gasteiger partial charge < -0.3 is 18.9 Å². The molecule has 0 N–H and O–H groups in total. The molecule has 4 heteroatoms. The smallest absolute Gasteiger partial charge is 0.162 e. The molecule has 2 aromatic carbocycles. The highest BCUT2D eigenvalue weighted by Crippen LogP contribution is 2.65. The van der Waals surface area contributed by atoms with Crippen LogP contribution in [0.1, 0.15) is 172 Å². The Balaban J connectivity index is 1.25. The van der Waals surface area contributed by atoms with E-state index in [-0.39, 0.29) is 34.6 Å². The Morgan fingerprint density at radius 3 is 1.69 bits per heavy atom. The molecule has 2 saturated carbocycles. The summed E-state index contributed by atoms with van der Waals surface area (Å²) in [5.41, 5.74) is 7.22. The quantitative estimate of drug-likeness (QED) is 0.308. The predicted molar refractivity (Wildman–Crippen MR) is 194 cm³/mol. The third kappa shape index (κ3) is 6.06. The van der Waals surface area contributed by atoms with Crippen LogP contribution in [0.2, 0.25) is 0 Å². The minimum atomic E-state index is -0.116. The average Bonchev–Trinajstić information content (AvgIpc) is 3.40.